The minimum atomic E-state index is -0.937. The standard InChI is InChI=1S/C25H25N3O5/c1-3-31-24-21(14-26-28-24)20(25(29)30)13-17-9-11-19(12-10-17)32-15-22-16(2)33-23(27-22)18-7-5-4-6-8-18/h4-12,14,20H,3,13,15H2,1-2H3,(H,26,28)(H,29,30). The molecule has 0 spiro atoms. The lowest BCUT2D eigenvalue weighted by Gasteiger charge is -2.13. The molecule has 0 amide bonds. The van der Waals surface area contributed by atoms with Gasteiger partial charge in [0, 0.05) is 11.1 Å². The third-order valence-electron chi connectivity index (χ3n) is 5.25. The van der Waals surface area contributed by atoms with Gasteiger partial charge in [-0.05, 0) is 50.1 Å². The lowest BCUT2D eigenvalue weighted by atomic mass is 9.94. The van der Waals surface area contributed by atoms with Gasteiger partial charge in [0.15, 0.2) is 0 Å². The number of carboxylic acids is 1. The molecule has 1 unspecified atom stereocenters. The molecule has 0 aliphatic heterocycles. The predicted molar refractivity (Wildman–Crippen MR) is 121 cm³/mol. The van der Waals surface area contributed by atoms with Crippen LogP contribution in [0.1, 0.15) is 35.4 Å². The van der Waals surface area contributed by atoms with Gasteiger partial charge in [-0.15, -0.1) is 0 Å². The van der Waals surface area contributed by atoms with Gasteiger partial charge in [-0.3, -0.25) is 4.79 Å². The summed E-state index contributed by atoms with van der Waals surface area (Å²) in [6.07, 6.45) is 1.81. The Kier molecular flexibility index (Phi) is 6.73. The first-order chi connectivity index (χ1) is 16.0. The Morgan fingerprint density at radius 3 is 2.58 bits per heavy atom. The van der Waals surface area contributed by atoms with E-state index in [0.29, 0.717) is 41.9 Å². The van der Waals surface area contributed by atoms with Crippen LogP contribution in [0.15, 0.2) is 65.2 Å². The van der Waals surface area contributed by atoms with Crippen LogP contribution in [0.4, 0.5) is 0 Å². The monoisotopic (exact) mass is 447 g/mol. The molecule has 4 rings (SSSR count). The van der Waals surface area contributed by atoms with E-state index in [1.807, 2.05) is 68.4 Å². The molecule has 2 aromatic heterocycles. The van der Waals surface area contributed by atoms with Crippen LogP contribution in [0.25, 0.3) is 11.5 Å². The van der Waals surface area contributed by atoms with Crippen molar-refractivity contribution in [2.24, 2.45) is 0 Å². The zero-order valence-electron chi connectivity index (χ0n) is 18.4. The van der Waals surface area contributed by atoms with Crippen LogP contribution in [0.3, 0.4) is 0 Å². The summed E-state index contributed by atoms with van der Waals surface area (Å²) in [5.41, 5.74) is 3.03. The number of oxazole rings is 1. The second-order valence-corrected chi connectivity index (χ2v) is 7.50. The third kappa shape index (κ3) is 5.23. The number of hydrogen-bond donors (Lipinski definition) is 2. The fourth-order valence-corrected chi connectivity index (χ4v) is 3.50. The average Bonchev–Trinajstić information content (AvgIpc) is 3.44. The lowest BCUT2D eigenvalue weighted by Crippen LogP contribution is -2.15. The number of aromatic amines is 1. The van der Waals surface area contributed by atoms with Gasteiger partial charge in [-0.25, -0.2) is 10.1 Å². The predicted octanol–water partition coefficient (Wildman–Crippen LogP) is 4.76. The highest BCUT2D eigenvalue weighted by molar-refractivity contribution is 5.77. The maximum absolute atomic E-state index is 11.9. The summed E-state index contributed by atoms with van der Waals surface area (Å²) in [4.78, 5) is 16.4. The minimum absolute atomic E-state index is 0.270. The molecule has 8 heteroatoms. The van der Waals surface area contributed by atoms with E-state index in [2.05, 4.69) is 15.2 Å². The summed E-state index contributed by atoms with van der Waals surface area (Å²) in [6.45, 7) is 4.39. The molecule has 8 nitrogen and oxygen atoms in total. The number of rotatable bonds is 10. The van der Waals surface area contributed by atoms with E-state index in [9.17, 15) is 9.90 Å². The van der Waals surface area contributed by atoms with Crippen molar-refractivity contribution in [2.45, 2.75) is 32.8 Å². The van der Waals surface area contributed by atoms with E-state index in [1.165, 1.54) is 6.20 Å². The average molecular weight is 447 g/mol. The zero-order chi connectivity index (χ0) is 23.2. The number of aryl methyl sites for hydroxylation is 1. The molecule has 33 heavy (non-hydrogen) atoms. The lowest BCUT2D eigenvalue weighted by molar-refractivity contribution is -0.138. The van der Waals surface area contributed by atoms with Gasteiger partial charge in [0.05, 0.1) is 18.7 Å². The Bertz CT molecular complexity index is 1200. The molecule has 1 atom stereocenters. The van der Waals surface area contributed by atoms with Gasteiger partial charge >= 0.3 is 5.97 Å². The number of hydrogen-bond acceptors (Lipinski definition) is 6. The molecule has 0 fully saturated rings. The molecule has 0 saturated carbocycles. The number of benzene rings is 2. The highest BCUT2D eigenvalue weighted by Gasteiger charge is 2.25. The summed E-state index contributed by atoms with van der Waals surface area (Å²) >= 11 is 0. The van der Waals surface area contributed by atoms with Crippen LogP contribution in [0.5, 0.6) is 11.6 Å². The van der Waals surface area contributed by atoms with Crippen molar-refractivity contribution >= 4 is 5.97 Å². The maximum Gasteiger partial charge on any atom is 0.311 e. The number of aliphatic carboxylic acids is 1. The fraction of sp³-hybridized carbons (Fsp3) is 0.240. The van der Waals surface area contributed by atoms with Crippen molar-refractivity contribution in [1.82, 2.24) is 15.2 Å². The van der Waals surface area contributed by atoms with Crippen molar-refractivity contribution in [2.75, 3.05) is 6.61 Å². The number of nitrogens with one attached hydrogen (secondary N) is 1. The highest BCUT2D eigenvalue weighted by Crippen LogP contribution is 2.29. The molecule has 0 aliphatic rings. The van der Waals surface area contributed by atoms with Crippen LogP contribution < -0.4 is 9.47 Å². The molecule has 170 valence electrons. The number of aromatic nitrogens is 3. The quantitative estimate of drug-likeness (QED) is 0.360. The van der Waals surface area contributed by atoms with E-state index in [0.717, 1.165) is 16.8 Å². The first kappa shape index (κ1) is 22.1. The van der Waals surface area contributed by atoms with E-state index < -0.39 is 11.9 Å². The summed E-state index contributed by atoms with van der Waals surface area (Å²) in [5.74, 6) is 0.613. The van der Waals surface area contributed by atoms with Crippen molar-refractivity contribution in [3.63, 3.8) is 0 Å². The summed E-state index contributed by atoms with van der Waals surface area (Å²) in [6, 6.07) is 17.1. The van der Waals surface area contributed by atoms with E-state index in [1.54, 1.807) is 0 Å². The molecule has 2 aromatic carbocycles. The third-order valence-corrected chi connectivity index (χ3v) is 5.25. The summed E-state index contributed by atoms with van der Waals surface area (Å²) < 4.78 is 17.1. The SMILES string of the molecule is CCOc1[nH]ncc1C(Cc1ccc(OCc2nc(-c3ccccc3)oc2C)cc1)C(=O)O. The molecule has 0 radical (unpaired) electrons. The topological polar surface area (TPSA) is 110 Å². The zero-order valence-corrected chi connectivity index (χ0v) is 18.4. The van der Waals surface area contributed by atoms with Gasteiger partial charge in [-0.2, -0.15) is 5.10 Å². The largest absolute Gasteiger partial charge is 0.487 e. The number of H-pyrrole nitrogens is 1. The number of carbonyl (C=O) groups is 1. The highest BCUT2D eigenvalue weighted by atomic mass is 16.5. The molecule has 2 heterocycles. The molecule has 0 aliphatic carbocycles. The van der Waals surface area contributed by atoms with Crippen molar-refractivity contribution < 1.29 is 23.8 Å². The number of carboxylic acid groups (broad SMARTS) is 1. The van der Waals surface area contributed by atoms with Crippen molar-refractivity contribution in [1.29, 1.82) is 0 Å². The summed E-state index contributed by atoms with van der Waals surface area (Å²) in [7, 11) is 0. The Hall–Kier alpha value is -4.07. The molecular weight excluding hydrogens is 422 g/mol. The Morgan fingerprint density at radius 2 is 1.88 bits per heavy atom. The summed E-state index contributed by atoms with van der Waals surface area (Å²) in [5, 5.41) is 16.4. The van der Waals surface area contributed by atoms with Gasteiger partial charge in [0.2, 0.25) is 11.8 Å². The molecule has 0 bridgehead atoms. The van der Waals surface area contributed by atoms with Crippen LogP contribution >= 0.6 is 0 Å². The normalized spacial score (nSPS) is 11.8. The van der Waals surface area contributed by atoms with Gasteiger partial charge in [0.25, 0.3) is 0 Å². The Labute approximate surface area is 191 Å². The molecule has 4 aromatic rings. The second-order valence-electron chi connectivity index (χ2n) is 7.50. The van der Waals surface area contributed by atoms with E-state index in [-0.39, 0.29) is 6.61 Å². The first-order valence-electron chi connectivity index (χ1n) is 10.7. The molecule has 2 N–H and O–H groups in total. The van der Waals surface area contributed by atoms with Crippen molar-refractivity contribution in [3.8, 4) is 23.1 Å². The van der Waals surface area contributed by atoms with Crippen LogP contribution in [0.2, 0.25) is 0 Å². The van der Waals surface area contributed by atoms with Gasteiger partial charge < -0.3 is 19.0 Å². The van der Waals surface area contributed by atoms with Crippen LogP contribution in [0, 0.1) is 6.92 Å². The second kappa shape index (κ2) is 10.0. The Morgan fingerprint density at radius 1 is 1.12 bits per heavy atom. The van der Waals surface area contributed by atoms with E-state index >= 15 is 0 Å². The smallest absolute Gasteiger partial charge is 0.311 e. The van der Waals surface area contributed by atoms with E-state index in [4.69, 9.17) is 13.9 Å². The molecule has 0 saturated heterocycles. The molecular formula is C25H25N3O5. The van der Waals surface area contributed by atoms with Gasteiger partial charge in [-0.1, -0.05) is 30.3 Å². The first-order valence-corrected chi connectivity index (χ1v) is 10.7. The minimum Gasteiger partial charge on any atom is -0.487 e. The van der Waals surface area contributed by atoms with Gasteiger partial charge in [0.1, 0.15) is 23.8 Å². The van der Waals surface area contributed by atoms with Crippen LogP contribution in [-0.2, 0) is 17.8 Å². The van der Waals surface area contributed by atoms with Crippen LogP contribution in [-0.4, -0.2) is 32.9 Å². The number of ether oxygens (including phenoxy) is 2. The maximum atomic E-state index is 11.9. The fourth-order valence-electron chi connectivity index (χ4n) is 3.50. The Balaban J connectivity index is 1.41. The number of nitrogens with zero attached hydrogens (tertiary/aromatic N) is 2. The van der Waals surface area contributed by atoms with Crippen molar-refractivity contribution in [3.05, 3.63) is 83.4 Å².